The summed E-state index contributed by atoms with van der Waals surface area (Å²) in [4.78, 5) is 0. The number of furan rings is 2. The third-order valence-electron chi connectivity index (χ3n) is 5.55. The summed E-state index contributed by atoms with van der Waals surface area (Å²) in [5.74, 6) is 1.53. The Kier molecular flexibility index (Phi) is 3.05. The normalized spacial score (nSPS) is 11.9. The van der Waals surface area contributed by atoms with Crippen LogP contribution in [-0.4, -0.2) is 0 Å². The molecule has 6 rings (SSSR count). The predicted octanol–water partition coefficient (Wildman–Crippen LogP) is 7.77. The van der Waals surface area contributed by atoms with E-state index >= 15 is 0 Å². The molecule has 0 N–H and O–H groups in total. The zero-order chi connectivity index (χ0) is 18.8. The van der Waals surface area contributed by atoms with E-state index in [1.54, 1.807) is 0 Å². The lowest BCUT2D eigenvalue weighted by Crippen LogP contribution is -1.75. The average molecular weight is 362 g/mol. The molecule has 0 atom stereocenters. The van der Waals surface area contributed by atoms with E-state index in [1.807, 2.05) is 0 Å². The fourth-order valence-electron chi connectivity index (χ4n) is 4.13. The van der Waals surface area contributed by atoms with Gasteiger partial charge < -0.3 is 8.83 Å². The largest absolute Gasteiger partial charge is 0.452 e. The molecule has 2 nitrogen and oxygen atoms in total. The van der Waals surface area contributed by atoms with Gasteiger partial charge in [-0.05, 0) is 36.8 Å². The zero-order valence-corrected chi connectivity index (χ0v) is 15.7. The van der Waals surface area contributed by atoms with E-state index in [0.29, 0.717) is 0 Å². The van der Waals surface area contributed by atoms with Crippen LogP contribution in [0.15, 0.2) is 81.6 Å². The molecule has 0 unspecified atom stereocenters. The molecule has 0 saturated carbocycles. The Hall–Kier alpha value is -3.52. The minimum Gasteiger partial charge on any atom is -0.452 e. The summed E-state index contributed by atoms with van der Waals surface area (Å²) in [5, 5.41) is 6.83. The second-order valence-corrected chi connectivity index (χ2v) is 7.64. The first-order chi connectivity index (χ1) is 13.7. The number of benzene rings is 4. The molecule has 0 aliphatic rings. The van der Waals surface area contributed by atoms with Crippen LogP contribution in [0.1, 0.15) is 11.1 Å². The molecule has 2 heterocycles. The van der Waals surface area contributed by atoms with E-state index in [-0.39, 0.29) is 0 Å². The molecular weight excluding hydrogens is 344 g/mol. The van der Waals surface area contributed by atoms with Crippen LogP contribution in [0.4, 0.5) is 0 Å². The maximum absolute atomic E-state index is 6.27. The molecule has 0 spiro atoms. The van der Waals surface area contributed by atoms with Gasteiger partial charge in [-0.1, -0.05) is 71.8 Å². The van der Waals surface area contributed by atoms with Crippen molar-refractivity contribution >= 4 is 43.5 Å². The van der Waals surface area contributed by atoms with Crippen molar-refractivity contribution in [2.45, 2.75) is 13.8 Å². The highest BCUT2D eigenvalue weighted by Gasteiger charge is 2.15. The van der Waals surface area contributed by atoms with E-state index in [0.717, 1.165) is 44.2 Å². The second kappa shape index (κ2) is 5.49. The summed E-state index contributed by atoms with van der Waals surface area (Å²) < 4.78 is 12.5. The van der Waals surface area contributed by atoms with Crippen molar-refractivity contribution in [2.75, 3.05) is 0 Å². The fraction of sp³-hybridized carbons (Fsp3) is 0.0769. The zero-order valence-electron chi connectivity index (χ0n) is 15.7. The van der Waals surface area contributed by atoms with Crippen LogP contribution in [0.3, 0.4) is 0 Å². The minimum absolute atomic E-state index is 0.763. The summed E-state index contributed by atoms with van der Waals surface area (Å²) in [6.07, 6.45) is 0. The lowest BCUT2D eigenvalue weighted by molar-refractivity contribution is 0.572. The van der Waals surface area contributed by atoms with Crippen molar-refractivity contribution in [1.29, 1.82) is 0 Å². The van der Waals surface area contributed by atoms with Gasteiger partial charge in [0.15, 0.2) is 11.5 Å². The molecule has 0 bridgehead atoms. The number of hydrogen-bond acceptors (Lipinski definition) is 2. The molecule has 0 amide bonds. The molecule has 28 heavy (non-hydrogen) atoms. The second-order valence-electron chi connectivity index (χ2n) is 7.64. The lowest BCUT2D eigenvalue weighted by atomic mass is 10.1. The summed E-state index contributed by atoms with van der Waals surface area (Å²) in [7, 11) is 0. The van der Waals surface area contributed by atoms with Gasteiger partial charge in [0.2, 0.25) is 0 Å². The van der Waals surface area contributed by atoms with Crippen LogP contribution >= 0.6 is 0 Å². The highest BCUT2D eigenvalue weighted by molar-refractivity contribution is 6.07. The fourth-order valence-corrected chi connectivity index (χ4v) is 4.13. The Bertz CT molecular complexity index is 1410. The Morgan fingerprint density at radius 2 is 0.893 bits per heavy atom. The molecule has 134 valence electrons. The first-order valence-electron chi connectivity index (χ1n) is 9.52. The maximum Gasteiger partial charge on any atom is 0.170 e. The molecular formula is C26H18O2. The first kappa shape index (κ1) is 15.5. The molecule has 0 fully saturated rings. The Morgan fingerprint density at radius 1 is 0.464 bits per heavy atom. The SMILES string of the molecule is Cc1ccc2c(ccc3cc(-c4cc5ccc6cc(C)ccc6c5o4)oc32)c1. The Labute approximate surface area is 162 Å². The van der Waals surface area contributed by atoms with Gasteiger partial charge in [-0.25, -0.2) is 0 Å². The molecule has 6 aromatic rings. The van der Waals surface area contributed by atoms with Crippen molar-refractivity contribution in [1.82, 2.24) is 0 Å². The Morgan fingerprint density at radius 3 is 1.36 bits per heavy atom. The van der Waals surface area contributed by atoms with E-state index in [2.05, 4.69) is 86.6 Å². The average Bonchev–Trinajstić information content (AvgIpc) is 3.31. The van der Waals surface area contributed by atoms with Crippen LogP contribution in [0, 0.1) is 13.8 Å². The molecule has 4 aromatic carbocycles. The van der Waals surface area contributed by atoms with Gasteiger partial charge in [-0.2, -0.15) is 0 Å². The lowest BCUT2D eigenvalue weighted by Gasteiger charge is -2.00. The first-order valence-corrected chi connectivity index (χ1v) is 9.52. The van der Waals surface area contributed by atoms with Crippen LogP contribution in [0.25, 0.3) is 55.0 Å². The van der Waals surface area contributed by atoms with Crippen molar-refractivity contribution < 1.29 is 8.83 Å². The summed E-state index contributed by atoms with van der Waals surface area (Å²) in [6, 6.07) is 25.6. The van der Waals surface area contributed by atoms with Crippen LogP contribution in [-0.2, 0) is 0 Å². The summed E-state index contributed by atoms with van der Waals surface area (Å²) in [5.41, 5.74) is 4.32. The van der Waals surface area contributed by atoms with E-state index < -0.39 is 0 Å². The number of aryl methyl sites for hydroxylation is 2. The van der Waals surface area contributed by atoms with Gasteiger partial charge in [0.25, 0.3) is 0 Å². The van der Waals surface area contributed by atoms with Gasteiger partial charge in [0.1, 0.15) is 11.2 Å². The van der Waals surface area contributed by atoms with Gasteiger partial charge in [-0.3, -0.25) is 0 Å². The number of fused-ring (bicyclic) bond motifs is 6. The topological polar surface area (TPSA) is 26.3 Å². The van der Waals surface area contributed by atoms with Crippen molar-refractivity contribution in [3.63, 3.8) is 0 Å². The maximum atomic E-state index is 6.27. The quantitative estimate of drug-likeness (QED) is 0.299. The third-order valence-corrected chi connectivity index (χ3v) is 5.55. The van der Waals surface area contributed by atoms with Gasteiger partial charge in [-0.15, -0.1) is 0 Å². The summed E-state index contributed by atoms with van der Waals surface area (Å²) in [6.45, 7) is 4.22. The number of hydrogen-bond donors (Lipinski definition) is 0. The van der Waals surface area contributed by atoms with Gasteiger partial charge in [0, 0.05) is 21.5 Å². The molecule has 0 saturated heterocycles. The van der Waals surface area contributed by atoms with Crippen molar-refractivity contribution in [3.05, 3.63) is 83.9 Å². The van der Waals surface area contributed by atoms with Gasteiger partial charge in [0.05, 0.1) is 0 Å². The van der Waals surface area contributed by atoms with E-state index in [1.165, 1.54) is 21.9 Å². The molecule has 2 aromatic heterocycles. The van der Waals surface area contributed by atoms with Crippen LogP contribution in [0.5, 0.6) is 0 Å². The Balaban J connectivity index is 1.59. The summed E-state index contributed by atoms with van der Waals surface area (Å²) >= 11 is 0. The molecule has 0 aliphatic carbocycles. The van der Waals surface area contributed by atoms with Crippen LogP contribution < -0.4 is 0 Å². The minimum atomic E-state index is 0.763. The molecule has 2 heteroatoms. The van der Waals surface area contributed by atoms with E-state index in [4.69, 9.17) is 8.83 Å². The van der Waals surface area contributed by atoms with Crippen molar-refractivity contribution in [2.24, 2.45) is 0 Å². The monoisotopic (exact) mass is 362 g/mol. The number of rotatable bonds is 1. The van der Waals surface area contributed by atoms with Gasteiger partial charge >= 0.3 is 0 Å². The third kappa shape index (κ3) is 2.21. The molecule has 0 aliphatic heterocycles. The van der Waals surface area contributed by atoms with Crippen molar-refractivity contribution in [3.8, 4) is 11.5 Å². The smallest absolute Gasteiger partial charge is 0.170 e. The highest BCUT2D eigenvalue weighted by atomic mass is 16.4. The standard InChI is InChI=1S/C26H18O2/c1-15-3-9-21-17(11-15)5-7-19-13-23(27-25(19)21)24-14-20-8-6-18-12-16(2)4-10-22(18)26(20)28-24/h3-14H,1-2H3. The highest BCUT2D eigenvalue weighted by Crippen LogP contribution is 2.37. The molecule has 0 radical (unpaired) electrons. The van der Waals surface area contributed by atoms with E-state index in [9.17, 15) is 0 Å². The predicted molar refractivity (Wildman–Crippen MR) is 116 cm³/mol. The van der Waals surface area contributed by atoms with Crippen LogP contribution in [0.2, 0.25) is 0 Å².